The van der Waals surface area contributed by atoms with Crippen molar-refractivity contribution in [3.8, 4) is 0 Å². The molecule has 0 spiro atoms. The number of carbonyl (C=O) groups excluding carboxylic acids is 2. The average Bonchev–Trinajstić information content (AvgIpc) is 3.47. The van der Waals surface area contributed by atoms with Crippen LogP contribution in [0.5, 0.6) is 0 Å². The quantitative estimate of drug-likeness (QED) is 0.810. The number of thiocarbonyl (C=S) groups is 1. The van der Waals surface area contributed by atoms with E-state index >= 15 is 0 Å². The van der Waals surface area contributed by atoms with E-state index < -0.39 is 0 Å². The van der Waals surface area contributed by atoms with Crippen molar-refractivity contribution >= 4 is 34.8 Å². The zero-order valence-corrected chi connectivity index (χ0v) is 15.4. The first-order valence-electron chi connectivity index (χ1n) is 9.04. The Balaban J connectivity index is 1.67. The SMILES string of the molecule is CN(C(=O)c1ccccc1NC(=S)NC(=O)C1CC1)C1CCCCC1. The molecule has 2 aliphatic rings. The molecule has 5 nitrogen and oxygen atoms in total. The molecular weight excluding hydrogens is 334 g/mol. The van der Waals surface area contributed by atoms with Crippen LogP contribution in [0.1, 0.15) is 55.3 Å². The van der Waals surface area contributed by atoms with Gasteiger partial charge in [-0.1, -0.05) is 31.4 Å². The summed E-state index contributed by atoms with van der Waals surface area (Å²) in [6, 6.07) is 7.62. The predicted octanol–water partition coefficient (Wildman–Crippen LogP) is 3.31. The minimum atomic E-state index is -0.0411. The Morgan fingerprint density at radius 3 is 2.44 bits per heavy atom. The molecular formula is C19H25N3O2S. The summed E-state index contributed by atoms with van der Waals surface area (Å²) in [7, 11) is 1.88. The van der Waals surface area contributed by atoms with Gasteiger partial charge in [-0.25, -0.2) is 0 Å². The molecule has 2 saturated carbocycles. The number of hydrogen-bond acceptors (Lipinski definition) is 3. The molecule has 1 aromatic carbocycles. The third kappa shape index (κ3) is 4.57. The summed E-state index contributed by atoms with van der Waals surface area (Å²) < 4.78 is 0. The summed E-state index contributed by atoms with van der Waals surface area (Å²) in [4.78, 5) is 26.6. The third-order valence-corrected chi connectivity index (χ3v) is 5.24. The molecule has 0 bridgehead atoms. The number of carbonyl (C=O) groups is 2. The van der Waals surface area contributed by atoms with Gasteiger partial charge in [-0.2, -0.15) is 0 Å². The Morgan fingerprint density at radius 2 is 1.76 bits per heavy atom. The van der Waals surface area contributed by atoms with Crippen LogP contribution in [-0.2, 0) is 4.79 Å². The first-order chi connectivity index (χ1) is 12.1. The Kier molecular flexibility index (Phi) is 5.68. The van der Waals surface area contributed by atoms with Gasteiger partial charge in [-0.3, -0.25) is 9.59 Å². The Hall–Kier alpha value is -1.95. The van der Waals surface area contributed by atoms with Gasteiger partial charge in [0.15, 0.2) is 5.11 Å². The van der Waals surface area contributed by atoms with Crippen LogP contribution in [0.3, 0.4) is 0 Å². The fourth-order valence-corrected chi connectivity index (χ4v) is 3.53. The smallest absolute Gasteiger partial charge is 0.255 e. The summed E-state index contributed by atoms with van der Waals surface area (Å²) >= 11 is 5.23. The van der Waals surface area contributed by atoms with E-state index in [1.807, 2.05) is 30.1 Å². The number of hydrogen-bond donors (Lipinski definition) is 2. The molecule has 2 aliphatic carbocycles. The Bertz CT molecular complexity index is 666. The molecule has 0 aromatic heterocycles. The van der Waals surface area contributed by atoms with Crippen molar-refractivity contribution in [3.05, 3.63) is 29.8 Å². The molecule has 3 rings (SSSR count). The lowest BCUT2D eigenvalue weighted by atomic mass is 9.94. The summed E-state index contributed by atoms with van der Waals surface area (Å²) in [5.41, 5.74) is 1.22. The first kappa shape index (κ1) is 17.9. The molecule has 134 valence electrons. The van der Waals surface area contributed by atoms with Gasteiger partial charge in [0.05, 0.1) is 11.3 Å². The van der Waals surface area contributed by atoms with E-state index in [4.69, 9.17) is 12.2 Å². The van der Waals surface area contributed by atoms with Crippen molar-refractivity contribution in [1.82, 2.24) is 10.2 Å². The molecule has 1 aromatic rings. The maximum Gasteiger partial charge on any atom is 0.255 e. The minimum absolute atomic E-state index is 0.00804. The fourth-order valence-electron chi connectivity index (χ4n) is 3.32. The van der Waals surface area contributed by atoms with Gasteiger partial charge in [0.1, 0.15) is 0 Å². The average molecular weight is 359 g/mol. The van der Waals surface area contributed by atoms with Crippen LogP contribution in [0.25, 0.3) is 0 Å². The van der Waals surface area contributed by atoms with E-state index in [0.29, 0.717) is 17.3 Å². The summed E-state index contributed by atoms with van der Waals surface area (Å²) in [5, 5.41) is 5.97. The van der Waals surface area contributed by atoms with Crippen molar-refractivity contribution in [2.45, 2.75) is 51.0 Å². The van der Waals surface area contributed by atoms with Crippen LogP contribution >= 0.6 is 12.2 Å². The maximum atomic E-state index is 12.9. The Morgan fingerprint density at radius 1 is 1.08 bits per heavy atom. The normalized spacial score (nSPS) is 17.6. The predicted molar refractivity (Wildman–Crippen MR) is 102 cm³/mol. The molecule has 0 aliphatic heterocycles. The molecule has 2 fully saturated rings. The van der Waals surface area contributed by atoms with Crippen LogP contribution in [0.2, 0.25) is 0 Å². The van der Waals surface area contributed by atoms with Gasteiger partial charge in [-0.15, -0.1) is 0 Å². The van der Waals surface area contributed by atoms with E-state index in [1.54, 1.807) is 6.07 Å². The van der Waals surface area contributed by atoms with Gasteiger partial charge in [0.25, 0.3) is 5.91 Å². The van der Waals surface area contributed by atoms with Crippen molar-refractivity contribution in [1.29, 1.82) is 0 Å². The molecule has 0 atom stereocenters. The lowest BCUT2D eigenvalue weighted by Crippen LogP contribution is -2.39. The molecule has 0 heterocycles. The highest BCUT2D eigenvalue weighted by Crippen LogP contribution is 2.29. The number of benzene rings is 1. The minimum Gasteiger partial charge on any atom is -0.339 e. The lowest BCUT2D eigenvalue weighted by molar-refractivity contribution is -0.120. The van der Waals surface area contributed by atoms with E-state index in [2.05, 4.69) is 10.6 Å². The molecule has 0 radical (unpaired) electrons. The van der Waals surface area contributed by atoms with Gasteiger partial charge in [0, 0.05) is 19.0 Å². The maximum absolute atomic E-state index is 12.9. The molecule has 2 amide bonds. The van der Waals surface area contributed by atoms with Crippen molar-refractivity contribution in [2.24, 2.45) is 5.92 Å². The number of anilines is 1. The topological polar surface area (TPSA) is 61.4 Å². The highest BCUT2D eigenvalue weighted by molar-refractivity contribution is 7.80. The summed E-state index contributed by atoms with van der Waals surface area (Å²) in [5.74, 6) is 0.0426. The number of rotatable bonds is 4. The monoisotopic (exact) mass is 359 g/mol. The lowest BCUT2D eigenvalue weighted by Gasteiger charge is -2.31. The van der Waals surface area contributed by atoms with Crippen LogP contribution in [0.4, 0.5) is 5.69 Å². The fraction of sp³-hybridized carbons (Fsp3) is 0.526. The van der Waals surface area contributed by atoms with Gasteiger partial charge in [-0.05, 0) is 50.0 Å². The molecule has 0 saturated heterocycles. The van der Waals surface area contributed by atoms with Crippen molar-refractivity contribution in [3.63, 3.8) is 0 Å². The van der Waals surface area contributed by atoms with Crippen LogP contribution in [0.15, 0.2) is 24.3 Å². The van der Waals surface area contributed by atoms with Gasteiger partial charge in [0.2, 0.25) is 5.91 Å². The van der Waals surface area contributed by atoms with Gasteiger partial charge < -0.3 is 15.5 Å². The van der Waals surface area contributed by atoms with Crippen LogP contribution in [0, 0.1) is 5.92 Å². The van der Waals surface area contributed by atoms with E-state index in [-0.39, 0.29) is 22.8 Å². The number of amides is 2. The zero-order chi connectivity index (χ0) is 17.8. The second-order valence-corrected chi connectivity index (χ2v) is 7.38. The molecule has 0 unspecified atom stereocenters. The van der Waals surface area contributed by atoms with Crippen LogP contribution in [-0.4, -0.2) is 34.9 Å². The summed E-state index contributed by atoms with van der Waals surface area (Å²) in [6.45, 7) is 0. The van der Waals surface area contributed by atoms with Gasteiger partial charge >= 0.3 is 0 Å². The van der Waals surface area contributed by atoms with Crippen molar-refractivity contribution < 1.29 is 9.59 Å². The number of para-hydroxylation sites is 1. The largest absolute Gasteiger partial charge is 0.339 e. The second-order valence-electron chi connectivity index (χ2n) is 6.97. The van der Waals surface area contributed by atoms with E-state index in [1.165, 1.54) is 19.3 Å². The van der Waals surface area contributed by atoms with E-state index in [9.17, 15) is 9.59 Å². The first-order valence-corrected chi connectivity index (χ1v) is 9.45. The number of nitrogens with one attached hydrogen (secondary N) is 2. The van der Waals surface area contributed by atoms with E-state index in [0.717, 1.165) is 25.7 Å². The zero-order valence-electron chi connectivity index (χ0n) is 14.6. The third-order valence-electron chi connectivity index (χ3n) is 5.03. The second kappa shape index (κ2) is 7.95. The molecule has 6 heteroatoms. The number of nitrogens with zero attached hydrogens (tertiary/aromatic N) is 1. The Labute approximate surface area is 154 Å². The molecule has 25 heavy (non-hydrogen) atoms. The molecule has 2 N–H and O–H groups in total. The highest BCUT2D eigenvalue weighted by Gasteiger charge is 2.30. The van der Waals surface area contributed by atoms with Crippen LogP contribution < -0.4 is 10.6 Å². The standard InChI is InChI=1S/C19H25N3O2S/c1-22(14-7-3-2-4-8-14)18(24)15-9-5-6-10-16(15)20-19(25)21-17(23)13-11-12-13/h5-6,9-10,13-14H,2-4,7-8,11-12H2,1H3,(H2,20,21,23,25). The van der Waals surface area contributed by atoms with Crippen molar-refractivity contribution in [2.75, 3.05) is 12.4 Å². The summed E-state index contributed by atoms with van der Waals surface area (Å²) in [6.07, 6.45) is 7.59. The highest BCUT2D eigenvalue weighted by atomic mass is 32.1.